The van der Waals surface area contributed by atoms with Gasteiger partial charge in [-0.15, -0.1) is 0 Å². The van der Waals surface area contributed by atoms with E-state index in [2.05, 4.69) is 15.4 Å². The average molecular weight is 486 g/mol. The van der Waals surface area contributed by atoms with Gasteiger partial charge in [0, 0.05) is 36.6 Å². The lowest BCUT2D eigenvalue weighted by molar-refractivity contribution is -0.141. The van der Waals surface area contributed by atoms with Crippen LogP contribution in [-0.4, -0.2) is 25.2 Å². The molecule has 7 nitrogen and oxygen atoms in total. The second-order valence-electron chi connectivity index (χ2n) is 7.29. The molecular weight excluding hydrogens is 471 g/mol. The minimum absolute atomic E-state index is 0.161. The SMILES string of the molecule is CCc1nccn1-c1ccc(NC(=O)c2cc(C(F)(F)F)nn2-c2ccc(F)c(C#N)c2)c(F)c1. The standard InChI is InChI=1S/C23H15F5N6O/c1-2-21-30-7-8-33(21)14-4-6-18(17(25)10-14)31-22(35)19-11-20(23(26,27)28)32-34(19)15-3-5-16(24)13(9-15)12-29/h3-11H,2H2,1H3,(H,31,35). The maximum absolute atomic E-state index is 14.8. The smallest absolute Gasteiger partial charge is 0.318 e. The van der Waals surface area contributed by atoms with Gasteiger partial charge < -0.3 is 9.88 Å². The number of aryl methyl sites for hydroxylation is 1. The van der Waals surface area contributed by atoms with Gasteiger partial charge in [0.05, 0.1) is 16.9 Å². The van der Waals surface area contributed by atoms with Gasteiger partial charge >= 0.3 is 6.18 Å². The fraction of sp³-hybridized carbons (Fsp3) is 0.130. The Hall–Kier alpha value is -4.53. The number of amides is 1. The molecule has 0 aliphatic carbocycles. The van der Waals surface area contributed by atoms with Gasteiger partial charge in [-0.05, 0) is 30.3 Å². The van der Waals surface area contributed by atoms with E-state index in [1.54, 1.807) is 23.0 Å². The van der Waals surface area contributed by atoms with Crippen LogP contribution in [0.5, 0.6) is 0 Å². The molecule has 2 heterocycles. The third-order valence-corrected chi connectivity index (χ3v) is 5.06. The van der Waals surface area contributed by atoms with Crippen molar-refractivity contribution in [1.29, 1.82) is 5.26 Å². The molecule has 178 valence electrons. The Morgan fingerprint density at radius 1 is 1.09 bits per heavy atom. The summed E-state index contributed by atoms with van der Waals surface area (Å²) < 4.78 is 70.7. The van der Waals surface area contributed by atoms with Crippen LogP contribution >= 0.6 is 0 Å². The highest BCUT2D eigenvalue weighted by Gasteiger charge is 2.36. The van der Waals surface area contributed by atoms with Gasteiger partial charge in [-0.1, -0.05) is 6.92 Å². The summed E-state index contributed by atoms with van der Waals surface area (Å²) in [6.07, 6.45) is -1.11. The highest BCUT2D eigenvalue weighted by Crippen LogP contribution is 2.30. The van der Waals surface area contributed by atoms with E-state index in [9.17, 15) is 26.7 Å². The molecule has 0 saturated carbocycles. The lowest BCUT2D eigenvalue weighted by atomic mass is 10.2. The van der Waals surface area contributed by atoms with Gasteiger partial charge in [0.15, 0.2) is 5.69 Å². The highest BCUT2D eigenvalue weighted by atomic mass is 19.4. The van der Waals surface area contributed by atoms with Crippen LogP contribution in [0.3, 0.4) is 0 Å². The summed E-state index contributed by atoms with van der Waals surface area (Å²) in [4.78, 5) is 17.0. The summed E-state index contributed by atoms with van der Waals surface area (Å²) in [5, 5.41) is 14.7. The number of nitrogens with zero attached hydrogens (tertiary/aromatic N) is 5. The molecule has 0 spiro atoms. The Morgan fingerprint density at radius 3 is 2.49 bits per heavy atom. The van der Waals surface area contributed by atoms with E-state index in [-0.39, 0.29) is 11.4 Å². The summed E-state index contributed by atoms with van der Waals surface area (Å²) >= 11 is 0. The van der Waals surface area contributed by atoms with Gasteiger partial charge in [0.1, 0.15) is 29.2 Å². The van der Waals surface area contributed by atoms with Crippen LogP contribution in [0.1, 0.15) is 34.5 Å². The summed E-state index contributed by atoms with van der Waals surface area (Å²) in [6, 6.07) is 8.85. The van der Waals surface area contributed by atoms with E-state index in [1.165, 1.54) is 12.1 Å². The molecule has 0 unspecified atom stereocenters. The summed E-state index contributed by atoms with van der Waals surface area (Å²) in [5.74, 6) is -2.14. The first kappa shape index (κ1) is 23.6. The first-order valence-electron chi connectivity index (χ1n) is 10.1. The lowest BCUT2D eigenvalue weighted by Crippen LogP contribution is -2.18. The molecular formula is C23H15F5N6O. The molecule has 12 heteroatoms. The third kappa shape index (κ3) is 4.61. The number of nitrogens with one attached hydrogen (secondary N) is 1. The number of alkyl halides is 3. The number of carbonyl (C=O) groups is 1. The maximum Gasteiger partial charge on any atom is 0.435 e. The van der Waals surface area contributed by atoms with Crippen molar-refractivity contribution in [3.8, 4) is 17.4 Å². The lowest BCUT2D eigenvalue weighted by Gasteiger charge is -2.11. The number of rotatable bonds is 5. The normalized spacial score (nSPS) is 11.3. The summed E-state index contributed by atoms with van der Waals surface area (Å²) in [6.45, 7) is 1.88. The molecule has 4 aromatic rings. The molecule has 2 aromatic heterocycles. The van der Waals surface area contributed by atoms with Gasteiger partial charge in [0.25, 0.3) is 5.91 Å². The number of imidazole rings is 1. The molecule has 1 amide bonds. The molecule has 35 heavy (non-hydrogen) atoms. The molecule has 2 aromatic carbocycles. The van der Waals surface area contributed by atoms with Crippen LogP contribution in [0.4, 0.5) is 27.6 Å². The zero-order chi connectivity index (χ0) is 25.3. The number of aromatic nitrogens is 4. The van der Waals surface area contributed by atoms with E-state index in [0.717, 1.165) is 24.3 Å². The van der Waals surface area contributed by atoms with E-state index >= 15 is 0 Å². The summed E-state index contributed by atoms with van der Waals surface area (Å²) in [5.41, 5.74) is -2.45. The van der Waals surface area contributed by atoms with E-state index in [4.69, 9.17) is 5.26 Å². The van der Waals surface area contributed by atoms with Crippen LogP contribution in [-0.2, 0) is 12.6 Å². The number of carbonyl (C=O) groups excluding carboxylic acids is 1. The molecule has 0 aliphatic rings. The monoisotopic (exact) mass is 486 g/mol. The largest absolute Gasteiger partial charge is 0.435 e. The quantitative estimate of drug-likeness (QED) is 0.401. The van der Waals surface area contributed by atoms with Crippen molar-refractivity contribution in [2.45, 2.75) is 19.5 Å². The van der Waals surface area contributed by atoms with Gasteiger partial charge in [-0.2, -0.15) is 23.5 Å². The van der Waals surface area contributed by atoms with Crippen molar-refractivity contribution >= 4 is 11.6 Å². The average Bonchev–Trinajstić information content (AvgIpc) is 3.48. The van der Waals surface area contributed by atoms with Crippen molar-refractivity contribution in [2.75, 3.05) is 5.32 Å². The molecule has 0 fully saturated rings. The van der Waals surface area contributed by atoms with Crippen LogP contribution in [0.2, 0.25) is 0 Å². The molecule has 0 radical (unpaired) electrons. The molecule has 0 saturated heterocycles. The Balaban J connectivity index is 1.70. The fourth-order valence-corrected chi connectivity index (χ4v) is 3.38. The first-order valence-corrected chi connectivity index (χ1v) is 10.1. The number of benzene rings is 2. The predicted octanol–water partition coefficient (Wildman–Crippen LogP) is 5.04. The van der Waals surface area contributed by atoms with E-state index < -0.39 is 40.7 Å². The molecule has 4 rings (SSSR count). The number of halogens is 5. The zero-order valence-corrected chi connectivity index (χ0v) is 17.9. The Kier molecular flexibility index (Phi) is 6.09. The van der Waals surface area contributed by atoms with Crippen molar-refractivity contribution < 1.29 is 26.7 Å². The summed E-state index contributed by atoms with van der Waals surface area (Å²) in [7, 11) is 0. The van der Waals surface area contributed by atoms with Gasteiger partial charge in [-0.25, -0.2) is 18.4 Å². The van der Waals surface area contributed by atoms with Crippen LogP contribution in [0.15, 0.2) is 54.9 Å². The van der Waals surface area contributed by atoms with Crippen molar-refractivity contribution in [2.24, 2.45) is 0 Å². The van der Waals surface area contributed by atoms with E-state index in [0.29, 0.717) is 28.7 Å². The second kappa shape index (κ2) is 9.02. The predicted molar refractivity (Wildman–Crippen MR) is 114 cm³/mol. The van der Waals surface area contributed by atoms with E-state index in [1.807, 2.05) is 6.92 Å². The van der Waals surface area contributed by atoms with Crippen molar-refractivity contribution in [3.63, 3.8) is 0 Å². The maximum atomic E-state index is 14.8. The number of nitriles is 1. The van der Waals surface area contributed by atoms with Crippen LogP contribution in [0.25, 0.3) is 11.4 Å². The molecule has 0 atom stereocenters. The first-order chi connectivity index (χ1) is 16.6. The Morgan fingerprint density at radius 2 is 1.83 bits per heavy atom. The van der Waals surface area contributed by atoms with Crippen LogP contribution < -0.4 is 5.32 Å². The molecule has 0 bridgehead atoms. The van der Waals surface area contributed by atoms with Crippen molar-refractivity contribution in [1.82, 2.24) is 19.3 Å². The van der Waals surface area contributed by atoms with Crippen molar-refractivity contribution in [3.05, 3.63) is 89.3 Å². The topological polar surface area (TPSA) is 88.5 Å². The zero-order valence-electron chi connectivity index (χ0n) is 17.9. The number of hydrogen-bond donors (Lipinski definition) is 1. The molecule has 1 N–H and O–H groups in total. The van der Waals surface area contributed by atoms with Gasteiger partial charge in [0.2, 0.25) is 0 Å². The van der Waals surface area contributed by atoms with Crippen LogP contribution in [0, 0.1) is 23.0 Å². The Labute approximate surface area is 195 Å². The third-order valence-electron chi connectivity index (χ3n) is 5.06. The van der Waals surface area contributed by atoms with Gasteiger partial charge in [-0.3, -0.25) is 4.79 Å². The Bertz CT molecular complexity index is 1460. The fourth-order valence-electron chi connectivity index (χ4n) is 3.38. The molecule has 0 aliphatic heterocycles. The highest BCUT2D eigenvalue weighted by molar-refractivity contribution is 6.03. The minimum Gasteiger partial charge on any atom is -0.318 e. The second-order valence-corrected chi connectivity index (χ2v) is 7.29. The number of anilines is 1. The number of hydrogen-bond acceptors (Lipinski definition) is 4. The minimum atomic E-state index is -4.90.